The van der Waals surface area contributed by atoms with E-state index in [9.17, 15) is 0 Å². The second-order valence-corrected chi connectivity index (χ2v) is 8.13. The van der Waals surface area contributed by atoms with Gasteiger partial charge in [0, 0.05) is 10.9 Å². The molecule has 0 aliphatic heterocycles. The molecule has 98 valence electrons. The van der Waals surface area contributed by atoms with Crippen molar-refractivity contribution >= 4 is 22.9 Å². The van der Waals surface area contributed by atoms with Crippen LogP contribution < -0.4 is 5.32 Å². The zero-order valence-corrected chi connectivity index (χ0v) is 12.2. The van der Waals surface area contributed by atoms with E-state index in [2.05, 4.69) is 11.4 Å². The van der Waals surface area contributed by atoms with E-state index in [0.717, 1.165) is 22.1 Å². The molecule has 3 aliphatic rings. The van der Waals surface area contributed by atoms with Crippen molar-refractivity contribution in [2.24, 2.45) is 17.8 Å². The van der Waals surface area contributed by atoms with Gasteiger partial charge in [-0.3, -0.25) is 0 Å². The summed E-state index contributed by atoms with van der Waals surface area (Å²) in [7, 11) is 0. The number of aryl methyl sites for hydroxylation is 1. The molecule has 1 N–H and O–H groups in total. The van der Waals surface area contributed by atoms with E-state index in [1.807, 2.05) is 0 Å². The summed E-state index contributed by atoms with van der Waals surface area (Å²) < 4.78 is 0.964. The van der Waals surface area contributed by atoms with Gasteiger partial charge in [0.15, 0.2) is 0 Å². The second kappa shape index (κ2) is 4.50. The van der Waals surface area contributed by atoms with Gasteiger partial charge in [0.1, 0.15) is 0 Å². The molecule has 3 aliphatic carbocycles. The Bertz CT molecular complexity index is 455. The van der Waals surface area contributed by atoms with Crippen molar-refractivity contribution in [2.45, 2.75) is 44.6 Å². The lowest BCUT2D eigenvalue weighted by Crippen LogP contribution is -2.28. The van der Waals surface area contributed by atoms with Crippen molar-refractivity contribution in [3.8, 4) is 0 Å². The third-order valence-corrected chi connectivity index (χ3v) is 6.70. The minimum atomic E-state index is 0.586. The Labute approximate surface area is 118 Å². The molecule has 2 saturated carbocycles. The minimum absolute atomic E-state index is 0.586. The van der Waals surface area contributed by atoms with E-state index in [1.165, 1.54) is 55.5 Å². The van der Waals surface area contributed by atoms with E-state index >= 15 is 0 Å². The number of rotatable bonds is 3. The normalized spacial score (nSPS) is 37.4. The predicted octanol–water partition coefficient (Wildman–Crippen LogP) is 4.41. The molecule has 3 heteroatoms. The van der Waals surface area contributed by atoms with E-state index in [4.69, 9.17) is 11.6 Å². The fourth-order valence-electron chi connectivity index (χ4n) is 4.46. The number of thiophene rings is 1. The SMILES string of the molecule is Clc1cc2c(s1)CCC2NCC1CC2CCC1C2. The van der Waals surface area contributed by atoms with Gasteiger partial charge >= 0.3 is 0 Å². The lowest BCUT2D eigenvalue weighted by Gasteiger charge is -2.24. The maximum Gasteiger partial charge on any atom is 0.0934 e. The number of hydrogen-bond acceptors (Lipinski definition) is 2. The van der Waals surface area contributed by atoms with Crippen LogP contribution >= 0.6 is 22.9 Å². The largest absolute Gasteiger partial charge is 0.310 e. The summed E-state index contributed by atoms with van der Waals surface area (Å²) in [6, 6.07) is 2.77. The Kier molecular flexibility index (Phi) is 2.94. The Balaban J connectivity index is 1.38. The molecule has 0 radical (unpaired) electrons. The molecular formula is C15H20ClNS. The molecule has 0 aromatic carbocycles. The van der Waals surface area contributed by atoms with E-state index < -0.39 is 0 Å². The topological polar surface area (TPSA) is 12.0 Å². The smallest absolute Gasteiger partial charge is 0.0934 e. The van der Waals surface area contributed by atoms with Crippen molar-refractivity contribution in [1.29, 1.82) is 0 Å². The monoisotopic (exact) mass is 281 g/mol. The van der Waals surface area contributed by atoms with Crippen LogP contribution in [-0.4, -0.2) is 6.54 Å². The van der Waals surface area contributed by atoms with Crippen molar-refractivity contribution in [1.82, 2.24) is 5.32 Å². The molecule has 0 spiro atoms. The molecule has 4 unspecified atom stereocenters. The first kappa shape index (κ1) is 11.7. The molecule has 1 nitrogen and oxygen atoms in total. The maximum absolute atomic E-state index is 6.11. The van der Waals surface area contributed by atoms with Crippen LogP contribution in [0.1, 0.15) is 48.6 Å². The highest BCUT2D eigenvalue weighted by atomic mass is 35.5. The number of nitrogens with one attached hydrogen (secondary N) is 1. The quantitative estimate of drug-likeness (QED) is 0.865. The van der Waals surface area contributed by atoms with E-state index in [1.54, 1.807) is 11.3 Å². The molecule has 1 aromatic rings. The first-order valence-electron chi connectivity index (χ1n) is 7.31. The number of halogens is 1. The van der Waals surface area contributed by atoms with Crippen LogP contribution in [-0.2, 0) is 6.42 Å². The summed E-state index contributed by atoms with van der Waals surface area (Å²) in [4.78, 5) is 1.52. The van der Waals surface area contributed by atoms with Crippen LogP contribution in [0.25, 0.3) is 0 Å². The molecule has 2 fully saturated rings. The average molecular weight is 282 g/mol. The maximum atomic E-state index is 6.11. The zero-order valence-electron chi connectivity index (χ0n) is 10.6. The van der Waals surface area contributed by atoms with Crippen molar-refractivity contribution in [3.05, 3.63) is 20.8 Å². The molecular weight excluding hydrogens is 262 g/mol. The Morgan fingerprint density at radius 3 is 3.00 bits per heavy atom. The molecule has 4 atom stereocenters. The summed E-state index contributed by atoms with van der Waals surface area (Å²) in [5.41, 5.74) is 1.49. The van der Waals surface area contributed by atoms with Gasteiger partial charge in [-0.15, -0.1) is 11.3 Å². The zero-order chi connectivity index (χ0) is 12.1. The Morgan fingerprint density at radius 1 is 1.28 bits per heavy atom. The lowest BCUT2D eigenvalue weighted by atomic mass is 9.88. The van der Waals surface area contributed by atoms with E-state index in [-0.39, 0.29) is 0 Å². The van der Waals surface area contributed by atoms with Crippen LogP contribution in [0.3, 0.4) is 0 Å². The van der Waals surface area contributed by atoms with Gasteiger partial charge in [0.05, 0.1) is 4.34 Å². The van der Waals surface area contributed by atoms with Crippen molar-refractivity contribution in [2.75, 3.05) is 6.54 Å². The van der Waals surface area contributed by atoms with E-state index in [0.29, 0.717) is 6.04 Å². The summed E-state index contributed by atoms with van der Waals surface area (Å²) in [5.74, 6) is 3.06. The standard InChI is InChI=1S/C15H20ClNS/c16-15-7-12-13(3-4-14(12)18-15)17-8-11-6-9-1-2-10(11)5-9/h7,9-11,13,17H,1-6,8H2. The van der Waals surface area contributed by atoms with Gasteiger partial charge in [-0.2, -0.15) is 0 Å². The average Bonchev–Trinajstić information content (AvgIpc) is 3.06. The van der Waals surface area contributed by atoms with Gasteiger partial charge in [0.25, 0.3) is 0 Å². The molecule has 18 heavy (non-hydrogen) atoms. The number of fused-ring (bicyclic) bond motifs is 3. The molecule has 1 aromatic heterocycles. The fourth-order valence-corrected chi connectivity index (χ4v) is 5.82. The van der Waals surface area contributed by atoms with Crippen LogP contribution in [0, 0.1) is 17.8 Å². The molecule has 1 heterocycles. The first-order valence-corrected chi connectivity index (χ1v) is 8.50. The minimum Gasteiger partial charge on any atom is -0.310 e. The third kappa shape index (κ3) is 1.93. The highest BCUT2D eigenvalue weighted by Crippen LogP contribution is 2.48. The van der Waals surface area contributed by atoms with Crippen LogP contribution in [0.5, 0.6) is 0 Å². The summed E-state index contributed by atoms with van der Waals surface area (Å²) in [6.07, 6.45) is 8.51. The van der Waals surface area contributed by atoms with Crippen LogP contribution in [0.4, 0.5) is 0 Å². The van der Waals surface area contributed by atoms with Gasteiger partial charge < -0.3 is 5.32 Å². The van der Waals surface area contributed by atoms with Gasteiger partial charge in [0.2, 0.25) is 0 Å². The third-order valence-electron chi connectivity index (χ3n) is 5.36. The Hall–Kier alpha value is -0.0500. The molecule has 4 rings (SSSR count). The summed E-state index contributed by atoms with van der Waals surface area (Å²) >= 11 is 7.89. The Morgan fingerprint density at radius 2 is 2.22 bits per heavy atom. The summed E-state index contributed by atoms with van der Waals surface area (Å²) in [5, 5.41) is 3.83. The first-order chi connectivity index (χ1) is 8.79. The van der Waals surface area contributed by atoms with Crippen molar-refractivity contribution < 1.29 is 0 Å². The number of hydrogen-bond donors (Lipinski definition) is 1. The highest BCUT2D eigenvalue weighted by molar-refractivity contribution is 7.16. The predicted molar refractivity (Wildman–Crippen MR) is 77.3 cm³/mol. The molecule has 2 bridgehead atoms. The molecule has 0 saturated heterocycles. The van der Waals surface area contributed by atoms with Gasteiger partial charge in [-0.25, -0.2) is 0 Å². The summed E-state index contributed by atoms with van der Waals surface area (Å²) in [6.45, 7) is 1.23. The fraction of sp³-hybridized carbons (Fsp3) is 0.733. The lowest BCUT2D eigenvalue weighted by molar-refractivity contribution is 0.306. The van der Waals surface area contributed by atoms with Crippen LogP contribution in [0.15, 0.2) is 6.07 Å². The van der Waals surface area contributed by atoms with Crippen LogP contribution in [0.2, 0.25) is 4.34 Å². The van der Waals surface area contributed by atoms with Gasteiger partial charge in [-0.1, -0.05) is 18.0 Å². The highest BCUT2D eigenvalue weighted by Gasteiger charge is 2.39. The molecule has 0 amide bonds. The second-order valence-electron chi connectivity index (χ2n) is 6.36. The van der Waals surface area contributed by atoms with Crippen molar-refractivity contribution in [3.63, 3.8) is 0 Å². The van der Waals surface area contributed by atoms with Gasteiger partial charge in [-0.05, 0) is 68.0 Å².